The number of para-hydroxylation sites is 1. The molecule has 3 N–H and O–H groups in total. The Morgan fingerprint density at radius 2 is 1.91 bits per heavy atom. The summed E-state index contributed by atoms with van der Waals surface area (Å²) in [6.45, 7) is 5.25. The van der Waals surface area contributed by atoms with Gasteiger partial charge in [-0.25, -0.2) is 9.67 Å². The third-order valence-corrected chi connectivity index (χ3v) is 5.76. The highest BCUT2D eigenvalue weighted by atomic mass is 16.5. The zero-order valence-electron chi connectivity index (χ0n) is 17.6. The number of anilines is 1. The third-order valence-electron chi connectivity index (χ3n) is 5.76. The first-order valence-corrected chi connectivity index (χ1v) is 10.6. The van der Waals surface area contributed by atoms with Crippen molar-refractivity contribution >= 4 is 17.6 Å². The summed E-state index contributed by atoms with van der Waals surface area (Å²) in [5.74, 6) is 2.76. The van der Waals surface area contributed by atoms with Crippen LogP contribution in [0, 0.1) is 0 Å². The van der Waals surface area contributed by atoms with Gasteiger partial charge in [0.05, 0.1) is 11.6 Å². The number of hydrogen-bond acceptors (Lipinski definition) is 6. The zero-order chi connectivity index (χ0) is 22.1. The van der Waals surface area contributed by atoms with E-state index >= 15 is 0 Å². The van der Waals surface area contributed by atoms with Crippen molar-refractivity contribution in [1.29, 1.82) is 0 Å². The molecule has 8 nitrogen and oxygen atoms in total. The van der Waals surface area contributed by atoms with Crippen molar-refractivity contribution in [1.82, 2.24) is 14.7 Å². The number of carbonyl (C=O) groups excluding carboxylic acids is 1. The summed E-state index contributed by atoms with van der Waals surface area (Å²) in [6, 6.07) is 17.5. The summed E-state index contributed by atoms with van der Waals surface area (Å²) < 4.78 is 7.86. The van der Waals surface area contributed by atoms with E-state index in [-0.39, 0.29) is 11.9 Å². The first-order chi connectivity index (χ1) is 15.6. The molecule has 1 amide bonds. The molecule has 3 heterocycles. The van der Waals surface area contributed by atoms with Gasteiger partial charge in [-0.2, -0.15) is 5.10 Å². The average Bonchev–Trinajstić information content (AvgIpc) is 3.46. The summed E-state index contributed by atoms with van der Waals surface area (Å²) in [5.41, 5.74) is 8.75. The molecule has 0 spiro atoms. The van der Waals surface area contributed by atoms with Gasteiger partial charge in [-0.05, 0) is 48.9 Å². The number of nitrogens with two attached hydrogens (primary N) is 1. The van der Waals surface area contributed by atoms with Crippen LogP contribution in [0.4, 0.5) is 5.82 Å². The fourth-order valence-corrected chi connectivity index (χ4v) is 4.17. The van der Waals surface area contributed by atoms with Crippen LogP contribution in [0.1, 0.15) is 18.0 Å². The molecule has 1 saturated heterocycles. The monoisotopic (exact) mass is 428 g/mol. The van der Waals surface area contributed by atoms with Crippen LogP contribution in [0.15, 0.2) is 72.2 Å². The molecule has 0 aliphatic carbocycles. The molecule has 2 aliphatic rings. The molecule has 1 unspecified atom stereocenters. The molecule has 3 aromatic rings. The molecule has 1 atom stereocenters. The summed E-state index contributed by atoms with van der Waals surface area (Å²) in [7, 11) is 0. The van der Waals surface area contributed by atoms with Crippen molar-refractivity contribution in [2.75, 3.05) is 25.1 Å². The van der Waals surface area contributed by atoms with E-state index in [0.717, 1.165) is 40.6 Å². The molecule has 0 radical (unpaired) electrons. The van der Waals surface area contributed by atoms with Gasteiger partial charge in [-0.1, -0.05) is 24.8 Å². The van der Waals surface area contributed by atoms with Gasteiger partial charge in [-0.15, -0.1) is 0 Å². The predicted octanol–water partition coefficient (Wildman–Crippen LogP) is 3.39. The standard InChI is InChI=1S/C24H24N6O2/c1-2-20(31)29-13-12-17(14-29)30-24-21(23(25)26-15-27-24)22(28-30)16-8-10-19(11-9-16)32-18-6-4-3-5-7-18/h2-11,17,27H,1,12-15H2,(H2,25,26). The highest BCUT2D eigenvalue weighted by Crippen LogP contribution is 2.36. The molecule has 8 heteroatoms. The fourth-order valence-electron chi connectivity index (χ4n) is 4.17. The van der Waals surface area contributed by atoms with E-state index in [1.54, 1.807) is 4.90 Å². The number of aliphatic imine (C=N–C) groups is 1. The number of fused-ring (bicyclic) bond motifs is 1. The number of amides is 1. The summed E-state index contributed by atoms with van der Waals surface area (Å²) in [5, 5.41) is 8.23. The summed E-state index contributed by atoms with van der Waals surface area (Å²) in [4.78, 5) is 18.2. The van der Waals surface area contributed by atoms with Crippen LogP contribution in [0.25, 0.3) is 11.3 Å². The van der Waals surface area contributed by atoms with Gasteiger partial charge in [0, 0.05) is 18.7 Å². The minimum atomic E-state index is -0.0585. The number of aromatic nitrogens is 2. The van der Waals surface area contributed by atoms with E-state index in [0.29, 0.717) is 25.6 Å². The Balaban J connectivity index is 1.46. The first kappa shape index (κ1) is 19.9. The molecule has 2 aromatic carbocycles. The second-order valence-electron chi connectivity index (χ2n) is 7.77. The lowest BCUT2D eigenvalue weighted by atomic mass is 10.1. The van der Waals surface area contributed by atoms with Crippen LogP contribution in [0.3, 0.4) is 0 Å². The maximum atomic E-state index is 12.0. The van der Waals surface area contributed by atoms with Gasteiger partial charge in [0.2, 0.25) is 5.91 Å². The topological polar surface area (TPSA) is 97.8 Å². The minimum absolute atomic E-state index is 0.0560. The van der Waals surface area contributed by atoms with Crippen molar-refractivity contribution < 1.29 is 9.53 Å². The molecule has 0 bridgehead atoms. The minimum Gasteiger partial charge on any atom is -0.457 e. The van der Waals surface area contributed by atoms with Crippen molar-refractivity contribution in [3.63, 3.8) is 0 Å². The second-order valence-corrected chi connectivity index (χ2v) is 7.77. The number of amidine groups is 1. The number of nitrogens with one attached hydrogen (secondary N) is 1. The Bertz CT molecular complexity index is 1180. The maximum Gasteiger partial charge on any atom is 0.246 e. The number of nitrogens with zero attached hydrogens (tertiary/aromatic N) is 4. The normalized spacial score (nSPS) is 17.3. The number of benzene rings is 2. The largest absolute Gasteiger partial charge is 0.457 e. The van der Waals surface area contributed by atoms with Gasteiger partial charge < -0.3 is 20.7 Å². The van der Waals surface area contributed by atoms with Crippen LogP contribution < -0.4 is 15.8 Å². The Morgan fingerprint density at radius 1 is 1.16 bits per heavy atom. The average molecular weight is 428 g/mol. The van der Waals surface area contributed by atoms with E-state index in [9.17, 15) is 4.79 Å². The lowest BCUT2D eigenvalue weighted by molar-refractivity contribution is -0.125. The Hall–Kier alpha value is -4.07. The van der Waals surface area contributed by atoms with Gasteiger partial charge in [0.25, 0.3) is 0 Å². The highest BCUT2D eigenvalue weighted by Gasteiger charge is 2.32. The number of likely N-dealkylation sites (tertiary alicyclic amines) is 1. The molecule has 1 aromatic heterocycles. The molecule has 2 aliphatic heterocycles. The van der Waals surface area contributed by atoms with E-state index in [2.05, 4.69) is 16.9 Å². The molecular formula is C24H24N6O2. The van der Waals surface area contributed by atoms with Crippen LogP contribution in [-0.4, -0.2) is 46.2 Å². The summed E-state index contributed by atoms with van der Waals surface area (Å²) in [6.07, 6.45) is 2.17. The van der Waals surface area contributed by atoms with Crippen molar-refractivity contribution in [2.24, 2.45) is 10.7 Å². The van der Waals surface area contributed by atoms with E-state index in [1.807, 2.05) is 59.3 Å². The van der Waals surface area contributed by atoms with Gasteiger partial charge in [-0.3, -0.25) is 4.79 Å². The lowest BCUT2D eigenvalue weighted by Crippen LogP contribution is -2.28. The lowest BCUT2D eigenvalue weighted by Gasteiger charge is -2.19. The second kappa shape index (κ2) is 8.22. The molecule has 162 valence electrons. The Morgan fingerprint density at radius 3 is 2.66 bits per heavy atom. The number of rotatable bonds is 5. The Kier molecular flexibility index (Phi) is 5.10. The highest BCUT2D eigenvalue weighted by molar-refractivity contribution is 6.08. The Labute approximate surface area is 186 Å². The maximum absolute atomic E-state index is 12.0. The SMILES string of the molecule is C=CC(=O)N1CCC(n2nc(-c3ccc(Oc4ccccc4)cc3)c3c2NCN=C3N)C1. The molecular weight excluding hydrogens is 404 g/mol. The number of hydrogen-bond donors (Lipinski definition) is 2. The van der Waals surface area contributed by atoms with Gasteiger partial charge in [0.1, 0.15) is 35.5 Å². The van der Waals surface area contributed by atoms with Crippen molar-refractivity contribution in [3.05, 3.63) is 72.8 Å². The third kappa shape index (κ3) is 3.60. The predicted molar refractivity (Wildman–Crippen MR) is 124 cm³/mol. The molecule has 0 saturated carbocycles. The van der Waals surface area contributed by atoms with Crippen LogP contribution in [0.5, 0.6) is 11.5 Å². The van der Waals surface area contributed by atoms with Crippen molar-refractivity contribution in [2.45, 2.75) is 12.5 Å². The molecule has 1 fully saturated rings. The zero-order valence-corrected chi connectivity index (χ0v) is 17.6. The van der Waals surface area contributed by atoms with Crippen LogP contribution >= 0.6 is 0 Å². The fraction of sp³-hybridized carbons (Fsp3) is 0.208. The molecule has 32 heavy (non-hydrogen) atoms. The van der Waals surface area contributed by atoms with E-state index in [4.69, 9.17) is 15.6 Å². The van der Waals surface area contributed by atoms with Crippen molar-refractivity contribution in [3.8, 4) is 22.8 Å². The van der Waals surface area contributed by atoms with Crippen LogP contribution in [-0.2, 0) is 4.79 Å². The quantitative estimate of drug-likeness (QED) is 0.607. The first-order valence-electron chi connectivity index (χ1n) is 10.6. The number of carbonyl (C=O) groups is 1. The van der Waals surface area contributed by atoms with Gasteiger partial charge >= 0.3 is 0 Å². The number of ether oxygens (including phenoxy) is 1. The van der Waals surface area contributed by atoms with Crippen LogP contribution in [0.2, 0.25) is 0 Å². The van der Waals surface area contributed by atoms with E-state index < -0.39 is 0 Å². The van der Waals surface area contributed by atoms with Gasteiger partial charge in [0.15, 0.2) is 0 Å². The smallest absolute Gasteiger partial charge is 0.246 e. The van der Waals surface area contributed by atoms with E-state index in [1.165, 1.54) is 6.08 Å². The summed E-state index contributed by atoms with van der Waals surface area (Å²) >= 11 is 0. The molecule has 5 rings (SSSR count).